The molecular formula is C11H17BrN2O. The molecule has 1 fully saturated rings. The standard InChI is InChI=1S/C11H17BrN2O/c1-8-2-3-11(15)5-10(4-8)14-7-9(12)6-13-14/h6-8,10-11,15H,2-5H2,1H3/t8-,10?,11+/m1/s1. The molecule has 15 heavy (non-hydrogen) atoms. The van der Waals surface area contributed by atoms with E-state index in [1.807, 2.05) is 17.1 Å². The maximum atomic E-state index is 9.79. The maximum absolute atomic E-state index is 9.79. The van der Waals surface area contributed by atoms with E-state index in [-0.39, 0.29) is 6.10 Å². The van der Waals surface area contributed by atoms with Crippen molar-refractivity contribution in [2.24, 2.45) is 5.92 Å². The van der Waals surface area contributed by atoms with Crippen LogP contribution in [0, 0.1) is 5.92 Å². The quantitative estimate of drug-likeness (QED) is 0.799. The first kappa shape index (κ1) is 11.1. The minimum atomic E-state index is -0.164. The average molecular weight is 273 g/mol. The summed E-state index contributed by atoms with van der Waals surface area (Å²) in [6, 6.07) is 0.351. The molecule has 84 valence electrons. The van der Waals surface area contributed by atoms with Crippen LogP contribution in [0.25, 0.3) is 0 Å². The Morgan fingerprint density at radius 1 is 1.47 bits per heavy atom. The lowest BCUT2D eigenvalue weighted by atomic mass is 10.0. The number of aromatic nitrogens is 2. The smallest absolute Gasteiger partial charge is 0.0632 e. The van der Waals surface area contributed by atoms with Crippen LogP contribution < -0.4 is 0 Å². The van der Waals surface area contributed by atoms with E-state index in [4.69, 9.17) is 0 Å². The Morgan fingerprint density at radius 2 is 2.27 bits per heavy atom. The monoisotopic (exact) mass is 272 g/mol. The zero-order valence-electron chi connectivity index (χ0n) is 8.93. The highest BCUT2D eigenvalue weighted by Crippen LogP contribution is 2.31. The van der Waals surface area contributed by atoms with E-state index < -0.39 is 0 Å². The molecule has 1 heterocycles. The summed E-state index contributed by atoms with van der Waals surface area (Å²) in [6.45, 7) is 2.25. The molecule has 0 bridgehead atoms. The zero-order valence-corrected chi connectivity index (χ0v) is 10.5. The van der Waals surface area contributed by atoms with Gasteiger partial charge >= 0.3 is 0 Å². The van der Waals surface area contributed by atoms with Gasteiger partial charge in [0.05, 0.1) is 22.8 Å². The summed E-state index contributed by atoms with van der Waals surface area (Å²) in [4.78, 5) is 0. The molecule has 1 aliphatic carbocycles. The lowest BCUT2D eigenvalue weighted by Gasteiger charge is -2.18. The van der Waals surface area contributed by atoms with Gasteiger partial charge in [-0.2, -0.15) is 5.10 Å². The summed E-state index contributed by atoms with van der Waals surface area (Å²) in [6.07, 6.45) is 7.64. The normalized spacial score (nSPS) is 32.6. The number of hydrogen-bond acceptors (Lipinski definition) is 2. The van der Waals surface area contributed by atoms with E-state index in [0.29, 0.717) is 12.0 Å². The fourth-order valence-electron chi connectivity index (χ4n) is 2.32. The highest BCUT2D eigenvalue weighted by molar-refractivity contribution is 9.10. The molecule has 3 nitrogen and oxygen atoms in total. The van der Waals surface area contributed by atoms with E-state index in [9.17, 15) is 5.11 Å². The van der Waals surface area contributed by atoms with Gasteiger partial charge < -0.3 is 5.11 Å². The van der Waals surface area contributed by atoms with Gasteiger partial charge in [0.2, 0.25) is 0 Å². The number of aliphatic hydroxyl groups is 1. The summed E-state index contributed by atoms with van der Waals surface area (Å²) in [7, 11) is 0. The van der Waals surface area contributed by atoms with Gasteiger partial charge in [0, 0.05) is 6.20 Å². The Labute approximate surface area is 98.6 Å². The zero-order chi connectivity index (χ0) is 10.8. The van der Waals surface area contributed by atoms with Gasteiger partial charge in [0.25, 0.3) is 0 Å². The second kappa shape index (κ2) is 4.66. The summed E-state index contributed by atoms with van der Waals surface area (Å²) in [5, 5.41) is 14.1. The van der Waals surface area contributed by atoms with Crippen LogP contribution in [0.15, 0.2) is 16.9 Å². The van der Waals surface area contributed by atoms with Crippen molar-refractivity contribution in [3.05, 3.63) is 16.9 Å². The molecule has 1 aromatic heterocycles. The average Bonchev–Trinajstić information content (AvgIpc) is 2.53. The first-order chi connectivity index (χ1) is 7.15. The van der Waals surface area contributed by atoms with Gasteiger partial charge in [-0.25, -0.2) is 0 Å². The highest BCUT2D eigenvalue weighted by Gasteiger charge is 2.24. The molecule has 0 aliphatic heterocycles. The highest BCUT2D eigenvalue weighted by atomic mass is 79.9. The molecule has 4 heteroatoms. The number of hydrogen-bond donors (Lipinski definition) is 1. The van der Waals surface area contributed by atoms with E-state index in [0.717, 1.165) is 30.2 Å². The van der Waals surface area contributed by atoms with Crippen molar-refractivity contribution in [3.63, 3.8) is 0 Å². The lowest BCUT2D eigenvalue weighted by molar-refractivity contribution is 0.140. The van der Waals surface area contributed by atoms with Crippen molar-refractivity contribution >= 4 is 15.9 Å². The van der Waals surface area contributed by atoms with E-state index in [1.54, 1.807) is 0 Å². The van der Waals surface area contributed by atoms with Gasteiger partial charge in [-0.05, 0) is 47.5 Å². The molecule has 3 atom stereocenters. The molecule has 0 radical (unpaired) electrons. The van der Waals surface area contributed by atoms with Crippen LogP contribution in [0.4, 0.5) is 0 Å². The molecule has 0 amide bonds. The van der Waals surface area contributed by atoms with Crippen molar-refractivity contribution < 1.29 is 5.11 Å². The first-order valence-electron chi connectivity index (χ1n) is 5.53. The molecule has 2 rings (SSSR count). The number of nitrogens with zero attached hydrogens (tertiary/aromatic N) is 2. The van der Waals surface area contributed by atoms with Crippen molar-refractivity contribution in [2.45, 2.75) is 44.8 Å². The third-order valence-electron chi connectivity index (χ3n) is 3.16. The molecule has 0 saturated heterocycles. The predicted octanol–water partition coefficient (Wildman–Crippen LogP) is 2.76. The number of halogens is 1. The Bertz CT molecular complexity index is 314. The minimum absolute atomic E-state index is 0.164. The fourth-order valence-corrected chi connectivity index (χ4v) is 2.62. The molecule has 1 unspecified atom stereocenters. The maximum Gasteiger partial charge on any atom is 0.0632 e. The molecule has 1 aromatic rings. The third-order valence-corrected chi connectivity index (χ3v) is 3.56. The van der Waals surface area contributed by atoms with Crippen LogP contribution in [-0.2, 0) is 0 Å². The molecule has 1 saturated carbocycles. The van der Waals surface area contributed by atoms with Crippen molar-refractivity contribution in [3.8, 4) is 0 Å². The molecule has 1 N–H and O–H groups in total. The predicted molar refractivity (Wildman–Crippen MR) is 62.6 cm³/mol. The largest absolute Gasteiger partial charge is 0.393 e. The Morgan fingerprint density at radius 3 is 2.93 bits per heavy atom. The van der Waals surface area contributed by atoms with Gasteiger partial charge in [0.1, 0.15) is 0 Å². The SMILES string of the molecule is C[C@@H]1CC[C@H](O)CC(n2cc(Br)cn2)C1. The lowest BCUT2D eigenvalue weighted by Crippen LogP contribution is -2.15. The van der Waals surface area contributed by atoms with Crippen LogP contribution in [-0.4, -0.2) is 21.0 Å². The second-order valence-corrected chi connectivity index (χ2v) is 5.52. The summed E-state index contributed by atoms with van der Waals surface area (Å²) < 4.78 is 2.99. The first-order valence-corrected chi connectivity index (χ1v) is 6.32. The minimum Gasteiger partial charge on any atom is -0.393 e. The molecule has 0 spiro atoms. The van der Waals surface area contributed by atoms with Gasteiger partial charge in [-0.3, -0.25) is 4.68 Å². The molecule has 1 aliphatic rings. The Hall–Kier alpha value is -0.350. The van der Waals surface area contributed by atoms with E-state index >= 15 is 0 Å². The second-order valence-electron chi connectivity index (χ2n) is 4.60. The topological polar surface area (TPSA) is 38.0 Å². The van der Waals surface area contributed by atoms with Crippen LogP contribution in [0.5, 0.6) is 0 Å². The third kappa shape index (κ3) is 2.82. The Balaban J connectivity index is 2.12. The van der Waals surface area contributed by atoms with Crippen LogP contribution in [0.2, 0.25) is 0 Å². The molecule has 0 aromatic carbocycles. The van der Waals surface area contributed by atoms with Crippen LogP contribution in [0.3, 0.4) is 0 Å². The summed E-state index contributed by atoms with van der Waals surface area (Å²) in [5.74, 6) is 0.676. The summed E-state index contributed by atoms with van der Waals surface area (Å²) in [5.41, 5.74) is 0. The van der Waals surface area contributed by atoms with Crippen molar-refractivity contribution in [1.82, 2.24) is 9.78 Å². The number of aliphatic hydroxyl groups excluding tert-OH is 1. The molecular weight excluding hydrogens is 256 g/mol. The van der Waals surface area contributed by atoms with Gasteiger partial charge in [0.15, 0.2) is 0 Å². The van der Waals surface area contributed by atoms with Crippen LogP contribution >= 0.6 is 15.9 Å². The Kier molecular flexibility index (Phi) is 3.46. The summed E-state index contributed by atoms with van der Waals surface area (Å²) >= 11 is 3.40. The van der Waals surface area contributed by atoms with Gasteiger partial charge in [-0.1, -0.05) is 6.92 Å². The van der Waals surface area contributed by atoms with Crippen molar-refractivity contribution in [1.29, 1.82) is 0 Å². The van der Waals surface area contributed by atoms with Crippen molar-refractivity contribution in [2.75, 3.05) is 0 Å². The fraction of sp³-hybridized carbons (Fsp3) is 0.727. The van der Waals surface area contributed by atoms with Crippen LogP contribution in [0.1, 0.15) is 38.6 Å². The van der Waals surface area contributed by atoms with E-state index in [2.05, 4.69) is 28.0 Å². The number of rotatable bonds is 1. The van der Waals surface area contributed by atoms with Gasteiger partial charge in [-0.15, -0.1) is 0 Å². The van der Waals surface area contributed by atoms with E-state index in [1.165, 1.54) is 0 Å².